The molecule has 1 aromatic rings. The maximum absolute atomic E-state index is 11.2. The van der Waals surface area contributed by atoms with Gasteiger partial charge in [0.25, 0.3) is 0 Å². The van der Waals surface area contributed by atoms with E-state index in [1.165, 1.54) is 12.1 Å². The molecule has 0 unspecified atom stereocenters. The predicted octanol–water partition coefficient (Wildman–Crippen LogP) is 0.424. The molecule has 1 heterocycles. The highest BCUT2D eigenvalue weighted by Gasteiger charge is 2.17. The van der Waals surface area contributed by atoms with Crippen LogP contribution in [0.2, 0.25) is 0 Å². The number of anilines is 2. The Bertz CT molecular complexity index is 470. The zero-order chi connectivity index (χ0) is 13.8. The Morgan fingerprint density at radius 2 is 2.00 bits per heavy atom. The van der Waals surface area contributed by atoms with Gasteiger partial charge in [-0.15, -0.1) is 0 Å². The first-order valence-corrected chi connectivity index (χ1v) is 6.30. The van der Waals surface area contributed by atoms with Crippen LogP contribution in [-0.2, 0) is 11.2 Å². The van der Waals surface area contributed by atoms with Crippen molar-refractivity contribution in [2.45, 2.75) is 6.42 Å². The number of carboxylic acids is 1. The van der Waals surface area contributed by atoms with Crippen molar-refractivity contribution < 1.29 is 14.6 Å². The zero-order valence-electron chi connectivity index (χ0n) is 10.8. The van der Waals surface area contributed by atoms with Crippen LogP contribution in [0.3, 0.4) is 0 Å². The number of hydrogen-bond donors (Lipinski definition) is 3. The molecule has 0 aliphatic carbocycles. The van der Waals surface area contributed by atoms with Crippen molar-refractivity contribution in [1.82, 2.24) is 4.90 Å². The van der Waals surface area contributed by atoms with Gasteiger partial charge in [-0.1, -0.05) is 0 Å². The monoisotopic (exact) mass is 265 g/mol. The number of nitrogen functional groups attached to an aromatic ring is 2. The summed E-state index contributed by atoms with van der Waals surface area (Å²) in [7, 11) is 0. The summed E-state index contributed by atoms with van der Waals surface area (Å²) in [5, 5.41) is 9.19. The van der Waals surface area contributed by atoms with E-state index < -0.39 is 5.97 Å². The molecule has 1 saturated heterocycles. The third kappa shape index (κ3) is 3.15. The maximum atomic E-state index is 11.2. The summed E-state index contributed by atoms with van der Waals surface area (Å²) in [4.78, 5) is 13.4. The van der Waals surface area contributed by atoms with Gasteiger partial charge < -0.3 is 21.3 Å². The molecule has 0 amide bonds. The summed E-state index contributed by atoms with van der Waals surface area (Å²) in [6, 6.07) is 3.06. The molecule has 0 saturated carbocycles. The molecule has 0 spiro atoms. The fraction of sp³-hybridized carbons (Fsp3) is 0.462. The van der Waals surface area contributed by atoms with Crippen molar-refractivity contribution in [3.05, 3.63) is 23.3 Å². The molecule has 1 aromatic carbocycles. The van der Waals surface area contributed by atoms with Crippen molar-refractivity contribution in [2.75, 3.05) is 44.3 Å². The second kappa shape index (κ2) is 5.90. The Kier molecular flexibility index (Phi) is 4.24. The molecule has 0 bridgehead atoms. The molecule has 6 heteroatoms. The number of hydrogen-bond acceptors (Lipinski definition) is 5. The zero-order valence-corrected chi connectivity index (χ0v) is 10.8. The first-order valence-electron chi connectivity index (χ1n) is 6.30. The van der Waals surface area contributed by atoms with E-state index in [0.717, 1.165) is 32.8 Å². The maximum Gasteiger partial charge on any atom is 0.336 e. The van der Waals surface area contributed by atoms with Gasteiger partial charge in [0.2, 0.25) is 0 Å². The highest BCUT2D eigenvalue weighted by atomic mass is 16.5. The van der Waals surface area contributed by atoms with E-state index >= 15 is 0 Å². The van der Waals surface area contributed by atoms with Gasteiger partial charge in [0.05, 0.1) is 30.2 Å². The van der Waals surface area contributed by atoms with Crippen LogP contribution in [0.15, 0.2) is 12.1 Å². The van der Waals surface area contributed by atoms with Crippen LogP contribution in [0.4, 0.5) is 11.4 Å². The smallest absolute Gasteiger partial charge is 0.336 e. The largest absolute Gasteiger partial charge is 0.478 e. The molecule has 0 atom stereocenters. The second-order valence-corrected chi connectivity index (χ2v) is 4.60. The van der Waals surface area contributed by atoms with Crippen molar-refractivity contribution in [1.29, 1.82) is 0 Å². The van der Waals surface area contributed by atoms with Gasteiger partial charge in [-0.05, 0) is 24.1 Å². The van der Waals surface area contributed by atoms with Crippen molar-refractivity contribution >= 4 is 17.3 Å². The lowest BCUT2D eigenvalue weighted by molar-refractivity contribution is 0.0384. The van der Waals surface area contributed by atoms with Gasteiger partial charge in [-0.2, -0.15) is 0 Å². The standard InChI is InChI=1S/C13H19N3O3/c14-11-2-1-10(13(17)18)9(12(11)15)3-4-16-5-7-19-8-6-16/h1-2H,3-8,14-15H2,(H,17,18). The predicted molar refractivity (Wildman–Crippen MR) is 73.2 cm³/mol. The number of nitrogens with zero attached hydrogens (tertiary/aromatic N) is 1. The van der Waals surface area contributed by atoms with Crippen LogP contribution in [-0.4, -0.2) is 48.8 Å². The number of rotatable bonds is 4. The number of carboxylic acid groups (broad SMARTS) is 1. The molecule has 6 nitrogen and oxygen atoms in total. The quantitative estimate of drug-likeness (QED) is 0.682. The van der Waals surface area contributed by atoms with Gasteiger partial charge in [0.1, 0.15) is 0 Å². The number of morpholine rings is 1. The number of carbonyl (C=O) groups is 1. The molecule has 1 aliphatic rings. The Labute approximate surface area is 111 Å². The molecule has 0 aromatic heterocycles. The summed E-state index contributed by atoms with van der Waals surface area (Å²) in [6.07, 6.45) is 0.582. The van der Waals surface area contributed by atoms with E-state index in [-0.39, 0.29) is 5.56 Å². The summed E-state index contributed by atoms with van der Waals surface area (Å²) in [5.41, 5.74) is 13.3. The van der Waals surface area contributed by atoms with Gasteiger partial charge >= 0.3 is 5.97 Å². The van der Waals surface area contributed by atoms with Crippen LogP contribution in [0.25, 0.3) is 0 Å². The fourth-order valence-corrected chi connectivity index (χ4v) is 2.25. The summed E-state index contributed by atoms with van der Waals surface area (Å²) in [6.45, 7) is 3.93. The molecule has 2 rings (SSSR count). The Hall–Kier alpha value is -1.79. The highest BCUT2D eigenvalue weighted by Crippen LogP contribution is 2.24. The van der Waals surface area contributed by atoms with E-state index in [0.29, 0.717) is 23.4 Å². The summed E-state index contributed by atoms with van der Waals surface area (Å²) in [5.74, 6) is -0.969. The van der Waals surface area contributed by atoms with Gasteiger partial charge in [-0.3, -0.25) is 4.90 Å². The van der Waals surface area contributed by atoms with E-state index in [1.807, 2.05) is 0 Å². The number of ether oxygens (including phenoxy) is 1. The third-order valence-electron chi connectivity index (χ3n) is 3.40. The molecule has 19 heavy (non-hydrogen) atoms. The van der Waals surface area contributed by atoms with Crippen LogP contribution in [0.5, 0.6) is 0 Å². The molecular weight excluding hydrogens is 246 g/mol. The van der Waals surface area contributed by atoms with E-state index in [4.69, 9.17) is 16.2 Å². The van der Waals surface area contributed by atoms with E-state index in [1.54, 1.807) is 0 Å². The lowest BCUT2D eigenvalue weighted by atomic mass is 10.0. The number of benzene rings is 1. The van der Waals surface area contributed by atoms with E-state index in [2.05, 4.69) is 4.90 Å². The average molecular weight is 265 g/mol. The normalized spacial score (nSPS) is 16.4. The Balaban J connectivity index is 2.13. The second-order valence-electron chi connectivity index (χ2n) is 4.60. The van der Waals surface area contributed by atoms with E-state index in [9.17, 15) is 9.90 Å². The molecule has 1 fully saturated rings. The lowest BCUT2D eigenvalue weighted by Crippen LogP contribution is -2.37. The highest BCUT2D eigenvalue weighted by molar-refractivity contribution is 5.93. The molecule has 5 N–H and O–H groups in total. The summed E-state index contributed by atoms with van der Waals surface area (Å²) < 4.78 is 5.28. The number of nitrogens with two attached hydrogens (primary N) is 2. The minimum absolute atomic E-state index is 0.236. The SMILES string of the molecule is Nc1ccc(C(=O)O)c(CCN2CCOCC2)c1N. The van der Waals surface area contributed by atoms with Gasteiger partial charge in [-0.25, -0.2) is 4.79 Å². The molecular formula is C13H19N3O3. The first kappa shape index (κ1) is 13.6. The van der Waals surface area contributed by atoms with Crippen LogP contribution >= 0.6 is 0 Å². The minimum atomic E-state index is -0.969. The minimum Gasteiger partial charge on any atom is -0.478 e. The topological polar surface area (TPSA) is 102 Å². The lowest BCUT2D eigenvalue weighted by Gasteiger charge is -2.27. The first-order chi connectivity index (χ1) is 9.09. The Morgan fingerprint density at radius 3 is 2.63 bits per heavy atom. The molecule has 104 valence electrons. The van der Waals surface area contributed by atoms with Crippen LogP contribution in [0, 0.1) is 0 Å². The van der Waals surface area contributed by atoms with Gasteiger partial charge in [0, 0.05) is 19.6 Å². The van der Waals surface area contributed by atoms with Crippen molar-refractivity contribution in [2.24, 2.45) is 0 Å². The average Bonchev–Trinajstić information content (AvgIpc) is 2.41. The van der Waals surface area contributed by atoms with Gasteiger partial charge in [0.15, 0.2) is 0 Å². The summed E-state index contributed by atoms with van der Waals surface area (Å²) >= 11 is 0. The van der Waals surface area contributed by atoms with Crippen molar-refractivity contribution in [3.8, 4) is 0 Å². The van der Waals surface area contributed by atoms with Crippen molar-refractivity contribution in [3.63, 3.8) is 0 Å². The number of aromatic carboxylic acids is 1. The fourth-order valence-electron chi connectivity index (χ4n) is 2.25. The van der Waals surface area contributed by atoms with Crippen LogP contribution in [0.1, 0.15) is 15.9 Å². The molecule has 1 aliphatic heterocycles. The Morgan fingerprint density at radius 1 is 1.32 bits per heavy atom. The molecule has 0 radical (unpaired) electrons. The third-order valence-corrected chi connectivity index (χ3v) is 3.40. The van der Waals surface area contributed by atoms with Crippen LogP contribution < -0.4 is 11.5 Å².